The second-order valence-electron chi connectivity index (χ2n) is 3.77. The van der Waals surface area contributed by atoms with E-state index in [1.165, 1.54) is 11.8 Å². The van der Waals surface area contributed by atoms with Crippen molar-refractivity contribution in [1.82, 2.24) is 0 Å². The van der Waals surface area contributed by atoms with Crippen LogP contribution in [0.5, 0.6) is 0 Å². The molecule has 0 aromatic rings. The van der Waals surface area contributed by atoms with Gasteiger partial charge in [-0.25, -0.2) is 0 Å². The summed E-state index contributed by atoms with van der Waals surface area (Å²) in [7, 11) is 0. The molecule has 0 spiro atoms. The van der Waals surface area contributed by atoms with Gasteiger partial charge in [0.05, 0.1) is 12.1 Å². The van der Waals surface area contributed by atoms with E-state index in [-0.39, 0.29) is 23.8 Å². The van der Waals surface area contributed by atoms with E-state index in [1.54, 1.807) is 0 Å². The van der Waals surface area contributed by atoms with E-state index in [2.05, 4.69) is 4.99 Å². The highest BCUT2D eigenvalue weighted by Crippen LogP contribution is 2.38. The van der Waals surface area contributed by atoms with E-state index in [0.29, 0.717) is 11.6 Å². The Morgan fingerprint density at radius 2 is 2.14 bits per heavy atom. The molecule has 0 bridgehead atoms. The largest absolute Gasteiger partial charge is 0.396 e. The molecule has 1 aliphatic carbocycles. The molecule has 1 fully saturated rings. The molecule has 2 rings (SSSR count). The lowest BCUT2D eigenvalue weighted by molar-refractivity contribution is -0.0646. The van der Waals surface area contributed by atoms with Crippen LogP contribution in [0.3, 0.4) is 0 Å². The second-order valence-corrected chi connectivity index (χ2v) is 5.03. The van der Waals surface area contributed by atoms with E-state index in [1.807, 2.05) is 0 Å². The molecule has 0 amide bonds. The predicted molar refractivity (Wildman–Crippen MR) is 54.0 cm³/mol. The lowest BCUT2D eigenvalue weighted by Gasteiger charge is -2.37. The zero-order valence-electron chi connectivity index (χ0n) is 7.58. The summed E-state index contributed by atoms with van der Waals surface area (Å²) < 4.78 is 0. The van der Waals surface area contributed by atoms with Gasteiger partial charge in [-0.05, 0) is 6.42 Å². The van der Waals surface area contributed by atoms with E-state index < -0.39 is 12.2 Å². The quantitative estimate of drug-likeness (QED) is 0.430. The summed E-state index contributed by atoms with van der Waals surface area (Å²) >= 11 is 1.42. The molecule has 80 valence electrons. The Labute approximate surface area is 86.0 Å². The number of hydrogen-bond donors (Lipinski definition) is 4. The lowest BCUT2D eigenvalue weighted by Crippen LogP contribution is -2.51. The van der Waals surface area contributed by atoms with Gasteiger partial charge >= 0.3 is 0 Å². The van der Waals surface area contributed by atoms with Crippen LogP contribution in [-0.4, -0.2) is 50.6 Å². The van der Waals surface area contributed by atoms with Gasteiger partial charge in [0.1, 0.15) is 6.10 Å². The van der Waals surface area contributed by atoms with Gasteiger partial charge in [0.2, 0.25) is 0 Å². The minimum absolute atomic E-state index is 0.102. The number of aliphatic hydroxyl groups is 3. The topological polar surface area (TPSA) is 99.1 Å². The van der Waals surface area contributed by atoms with Crippen LogP contribution in [0.2, 0.25) is 0 Å². The normalized spacial score (nSPS) is 47.4. The zero-order valence-corrected chi connectivity index (χ0v) is 8.39. The fraction of sp³-hybridized carbons (Fsp3) is 0.875. The molecule has 5 N–H and O–H groups in total. The number of amidine groups is 1. The zero-order chi connectivity index (χ0) is 10.3. The van der Waals surface area contributed by atoms with Gasteiger partial charge in [0.25, 0.3) is 0 Å². The molecule has 6 heteroatoms. The highest BCUT2D eigenvalue weighted by atomic mass is 32.2. The fourth-order valence-electron chi connectivity index (χ4n) is 2.07. The minimum atomic E-state index is -0.903. The van der Waals surface area contributed by atoms with Crippen LogP contribution in [0.15, 0.2) is 4.99 Å². The molecule has 2 aliphatic rings. The molecule has 5 unspecified atom stereocenters. The van der Waals surface area contributed by atoms with Crippen LogP contribution < -0.4 is 5.73 Å². The van der Waals surface area contributed by atoms with Gasteiger partial charge in [-0.1, -0.05) is 11.8 Å². The summed E-state index contributed by atoms with van der Waals surface area (Å²) in [6, 6.07) is -0.308. The number of hydrogen-bond acceptors (Lipinski definition) is 6. The minimum Gasteiger partial charge on any atom is -0.396 e. The Kier molecular flexibility index (Phi) is 2.70. The van der Waals surface area contributed by atoms with Crippen molar-refractivity contribution in [2.75, 3.05) is 6.61 Å². The van der Waals surface area contributed by atoms with Gasteiger partial charge in [0.15, 0.2) is 5.17 Å². The maximum Gasteiger partial charge on any atom is 0.154 e. The van der Waals surface area contributed by atoms with Crippen molar-refractivity contribution < 1.29 is 15.3 Å². The maximum absolute atomic E-state index is 9.73. The monoisotopic (exact) mass is 218 g/mol. The Morgan fingerprint density at radius 1 is 1.43 bits per heavy atom. The third kappa shape index (κ3) is 1.52. The van der Waals surface area contributed by atoms with Gasteiger partial charge < -0.3 is 21.1 Å². The van der Waals surface area contributed by atoms with Crippen LogP contribution in [-0.2, 0) is 0 Å². The Bertz CT molecular complexity index is 261. The molecular weight excluding hydrogens is 204 g/mol. The van der Waals surface area contributed by atoms with Crippen LogP contribution >= 0.6 is 11.8 Å². The lowest BCUT2D eigenvalue weighted by atomic mass is 9.81. The standard InChI is InChI=1S/C8H14N2O3S/c9-8-10-5-4(14-8)1-3(2-11)6(12)7(5)13/h3-7,11-13H,1-2H2,(H2,9,10). The average Bonchev–Trinajstić information content (AvgIpc) is 2.52. The second kappa shape index (κ2) is 3.69. The van der Waals surface area contributed by atoms with Crippen molar-refractivity contribution in [2.24, 2.45) is 16.6 Å². The third-order valence-electron chi connectivity index (χ3n) is 2.88. The molecule has 0 radical (unpaired) electrons. The molecule has 5 atom stereocenters. The number of rotatable bonds is 1. The van der Waals surface area contributed by atoms with Crippen molar-refractivity contribution >= 4 is 16.9 Å². The number of aliphatic hydroxyl groups excluding tert-OH is 3. The van der Waals surface area contributed by atoms with E-state index in [4.69, 9.17) is 10.8 Å². The van der Waals surface area contributed by atoms with Crippen LogP contribution in [0, 0.1) is 5.92 Å². The summed E-state index contributed by atoms with van der Waals surface area (Å²) in [4.78, 5) is 4.08. The molecule has 0 aromatic carbocycles. The number of nitrogens with two attached hydrogens (primary N) is 1. The van der Waals surface area contributed by atoms with E-state index >= 15 is 0 Å². The third-order valence-corrected chi connectivity index (χ3v) is 4.00. The molecule has 1 saturated carbocycles. The summed E-state index contributed by atoms with van der Waals surface area (Å²) in [6.07, 6.45) is -1.15. The molecule has 0 aromatic heterocycles. The highest BCUT2D eigenvalue weighted by Gasteiger charge is 2.46. The van der Waals surface area contributed by atoms with Crippen molar-refractivity contribution in [3.8, 4) is 0 Å². The van der Waals surface area contributed by atoms with Gasteiger partial charge in [-0.2, -0.15) is 0 Å². The first-order valence-electron chi connectivity index (χ1n) is 4.60. The first kappa shape index (κ1) is 10.2. The summed E-state index contributed by atoms with van der Waals surface area (Å²) in [6.45, 7) is -0.109. The summed E-state index contributed by atoms with van der Waals surface area (Å²) in [5.74, 6) is -0.264. The SMILES string of the molecule is NC1=NC2C(CC(CO)C(O)C2O)S1. The van der Waals surface area contributed by atoms with E-state index in [0.717, 1.165) is 0 Å². The molecule has 5 nitrogen and oxygen atoms in total. The number of thioether (sulfide) groups is 1. The Balaban J connectivity index is 2.14. The van der Waals surface area contributed by atoms with Crippen molar-refractivity contribution in [2.45, 2.75) is 29.9 Å². The van der Waals surface area contributed by atoms with Crippen molar-refractivity contribution in [3.63, 3.8) is 0 Å². The van der Waals surface area contributed by atoms with Crippen LogP contribution in [0.4, 0.5) is 0 Å². The molecule has 0 saturated heterocycles. The fourth-order valence-corrected chi connectivity index (χ4v) is 3.27. The number of aliphatic imine (C=N–C) groups is 1. The smallest absolute Gasteiger partial charge is 0.154 e. The highest BCUT2D eigenvalue weighted by molar-refractivity contribution is 8.14. The van der Waals surface area contributed by atoms with E-state index in [9.17, 15) is 10.2 Å². The predicted octanol–water partition coefficient (Wildman–Crippen LogP) is -1.48. The number of nitrogens with zero attached hydrogens (tertiary/aromatic N) is 1. The number of fused-ring (bicyclic) bond motifs is 1. The van der Waals surface area contributed by atoms with Crippen LogP contribution in [0.1, 0.15) is 6.42 Å². The maximum atomic E-state index is 9.73. The first-order valence-corrected chi connectivity index (χ1v) is 5.48. The Morgan fingerprint density at radius 3 is 2.79 bits per heavy atom. The first-order chi connectivity index (χ1) is 6.63. The van der Waals surface area contributed by atoms with Crippen LogP contribution in [0.25, 0.3) is 0 Å². The van der Waals surface area contributed by atoms with Gasteiger partial charge in [0, 0.05) is 17.8 Å². The van der Waals surface area contributed by atoms with Gasteiger partial charge in [-0.15, -0.1) is 0 Å². The van der Waals surface area contributed by atoms with Gasteiger partial charge in [-0.3, -0.25) is 4.99 Å². The summed E-state index contributed by atoms with van der Waals surface area (Å²) in [5, 5.41) is 29.0. The van der Waals surface area contributed by atoms with Crippen molar-refractivity contribution in [3.05, 3.63) is 0 Å². The molecule has 1 heterocycles. The molecule has 14 heavy (non-hydrogen) atoms. The summed E-state index contributed by atoms with van der Waals surface area (Å²) in [5.41, 5.74) is 5.55. The average molecular weight is 218 g/mol. The van der Waals surface area contributed by atoms with Crippen molar-refractivity contribution in [1.29, 1.82) is 0 Å². The molecular formula is C8H14N2O3S. The Hall–Kier alpha value is -0.300. The molecule has 1 aliphatic heterocycles.